The van der Waals surface area contributed by atoms with Crippen molar-refractivity contribution in [2.24, 2.45) is 0 Å². The van der Waals surface area contributed by atoms with Gasteiger partial charge in [-0.15, -0.1) is 12.4 Å². The number of nitrogens with two attached hydrogens (primary N) is 1. The molecule has 1 heterocycles. The smallest absolute Gasteiger partial charge is 0.213 e. The predicted octanol–water partition coefficient (Wildman–Crippen LogP) is 3.08. The first kappa shape index (κ1) is 13.7. The number of rotatable bonds is 2. The Morgan fingerprint density at radius 1 is 1.24 bits per heavy atom. The van der Waals surface area contributed by atoms with Crippen LogP contribution in [0.1, 0.15) is 16.1 Å². The molecule has 1 aromatic heterocycles. The second-order valence-corrected chi connectivity index (χ2v) is 4.19. The van der Waals surface area contributed by atoms with E-state index >= 15 is 0 Å². The van der Waals surface area contributed by atoms with Crippen LogP contribution in [0.3, 0.4) is 0 Å². The quantitative estimate of drug-likeness (QED) is 0.685. The second kappa shape index (κ2) is 5.80. The molecular weight excluding hydrogens is 304 g/mol. The van der Waals surface area contributed by atoms with Crippen LogP contribution in [0.4, 0.5) is 5.69 Å². The first-order valence-electron chi connectivity index (χ1n) is 4.69. The van der Waals surface area contributed by atoms with Crippen molar-refractivity contribution in [1.29, 1.82) is 0 Å². The number of benzene rings is 1. The van der Waals surface area contributed by atoms with E-state index in [1.54, 1.807) is 42.6 Å². The monoisotopic (exact) mass is 312 g/mol. The summed E-state index contributed by atoms with van der Waals surface area (Å²) in [5.41, 5.74) is 7.08. The van der Waals surface area contributed by atoms with Gasteiger partial charge in [-0.3, -0.25) is 9.78 Å². The Labute approximate surface area is 114 Å². The molecule has 0 radical (unpaired) electrons. The van der Waals surface area contributed by atoms with Crippen molar-refractivity contribution in [3.8, 4) is 0 Å². The average molecular weight is 314 g/mol. The lowest BCUT2D eigenvalue weighted by Crippen LogP contribution is -2.06. The number of hydrogen-bond acceptors (Lipinski definition) is 3. The molecule has 2 aromatic rings. The summed E-state index contributed by atoms with van der Waals surface area (Å²) in [4.78, 5) is 16.1. The Kier molecular flexibility index (Phi) is 4.66. The van der Waals surface area contributed by atoms with E-state index < -0.39 is 0 Å². The Balaban J connectivity index is 0.00000144. The number of pyridine rings is 1. The molecule has 0 atom stereocenters. The zero-order valence-corrected chi connectivity index (χ0v) is 11.2. The van der Waals surface area contributed by atoms with Crippen molar-refractivity contribution in [2.45, 2.75) is 0 Å². The van der Waals surface area contributed by atoms with Crippen LogP contribution < -0.4 is 5.73 Å². The van der Waals surface area contributed by atoms with E-state index in [0.29, 0.717) is 16.9 Å². The van der Waals surface area contributed by atoms with Crippen LogP contribution >= 0.6 is 28.3 Å². The van der Waals surface area contributed by atoms with Gasteiger partial charge in [-0.1, -0.05) is 22.0 Å². The molecule has 2 N–H and O–H groups in total. The normalized spacial score (nSPS) is 9.47. The fourth-order valence-electron chi connectivity index (χ4n) is 1.36. The van der Waals surface area contributed by atoms with Gasteiger partial charge in [-0.05, 0) is 30.3 Å². The van der Waals surface area contributed by atoms with Crippen molar-refractivity contribution in [2.75, 3.05) is 5.73 Å². The standard InChI is InChI=1S/C12H9BrN2O.ClH/c13-8-4-5-10(14)9(7-8)12(16)11-3-1-2-6-15-11;/h1-7H,14H2;1H. The van der Waals surface area contributed by atoms with Gasteiger partial charge >= 0.3 is 0 Å². The molecule has 0 bridgehead atoms. The fourth-order valence-corrected chi connectivity index (χ4v) is 1.72. The van der Waals surface area contributed by atoms with Gasteiger partial charge in [0.25, 0.3) is 0 Å². The van der Waals surface area contributed by atoms with Crippen molar-refractivity contribution < 1.29 is 4.79 Å². The van der Waals surface area contributed by atoms with Crippen LogP contribution in [-0.4, -0.2) is 10.8 Å². The molecule has 5 heteroatoms. The van der Waals surface area contributed by atoms with Crippen LogP contribution in [0.2, 0.25) is 0 Å². The van der Waals surface area contributed by atoms with Crippen LogP contribution in [-0.2, 0) is 0 Å². The van der Waals surface area contributed by atoms with Gasteiger partial charge in [0.15, 0.2) is 0 Å². The van der Waals surface area contributed by atoms with Gasteiger partial charge in [0.2, 0.25) is 5.78 Å². The lowest BCUT2D eigenvalue weighted by atomic mass is 10.1. The molecule has 2 rings (SSSR count). The number of halogens is 2. The van der Waals surface area contributed by atoms with E-state index in [2.05, 4.69) is 20.9 Å². The molecule has 0 aliphatic rings. The molecule has 0 unspecified atom stereocenters. The predicted molar refractivity (Wildman–Crippen MR) is 73.5 cm³/mol. The number of aromatic nitrogens is 1. The summed E-state index contributed by atoms with van der Waals surface area (Å²) in [5.74, 6) is -0.167. The number of ketones is 1. The Bertz CT molecular complexity index is 531. The minimum Gasteiger partial charge on any atom is -0.398 e. The lowest BCUT2D eigenvalue weighted by molar-refractivity contribution is 0.103. The van der Waals surface area contributed by atoms with Crippen LogP contribution in [0.15, 0.2) is 47.1 Å². The molecule has 17 heavy (non-hydrogen) atoms. The van der Waals surface area contributed by atoms with Gasteiger partial charge < -0.3 is 5.73 Å². The van der Waals surface area contributed by atoms with Gasteiger partial charge in [0, 0.05) is 21.9 Å². The summed E-state index contributed by atoms with van der Waals surface area (Å²) in [7, 11) is 0. The summed E-state index contributed by atoms with van der Waals surface area (Å²) in [6.45, 7) is 0. The van der Waals surface area contributed by atoms with E-state index in [-0.39, 0.29) is 18.2 Å². The van der Waals surface area contributed by atoms with E-state index in [1.165, 1.54) is 0 Å². The van der Waals surface area contributed by atoms with Crippen molar-refractivity contribution in [3.05, 3.63) is 58.3 Å². The zero-order valence-electron chi connectivity index (χ0n) is 8.76. The summed E-state index contributed by atoms with van der Waals surface area (Å²) in [6.07, 6.45) is 1.58. The first-order chi connectivity index (χ1) is 7.68. The molecule has 88 valence electrons. The van der Waals surface area contributed by atoms with Gasteiger partial charge in [0.1, 0.15) is 5.69 Å². The third-order valence-corrected chi connectivity index (χ3v) is 2.65. The molecule has 0 saturated carbocycles. The third kappa shape index (κ3) is 3.05. The molecule has 3 nitrogen and oxygen atoms in total. The van der Waals surface area contributed by atoms with E-state index in [0.717, 1.165) is 4.47 Å². The van der Waals surface area contributed by atoms with Gasteiger partial charge in [-0.2, -0.15) is 0 Å². The maximum absolute atomic E-state index is 12.1. The zero-order chi connectivity index (χ0) is 11.5. The Hall–Kier alpha value is -1.39. The van der Waals surface area contributed by atoms with Crippen LogP contribution in [0.25, 0.3) is 0 Å². The summed E-state index contributed by atoms with van der Waals surface area (Å²) in [6, 6.07) is 10.4. The minimum atomic E-state index is -0.167. The van der Waals surface area contributed by atoms with Gasteiger partial charge in [0.05, 0.1) is 0 Å². The van der Waals surface area contributed by atoms with E-state index in [9.17, 15) is 4.79 Å². The number of anilines is 1. The molecule has 0 amide bonds. The van der Waals surface area contributed by atoms with Crippen LogP contribution in [0, 0.1) is 0 Å². The van der Waals surface area contributed by atoms with Crippen molar-refractivity contribution >= 4 is 39.8 Å². The highest BCUT2D eigenvalue weighted by Gasteiger charge is 2.13. The Morgan fingerprint density at radius 2 is 2.00 bits per heavy atom. The number of nitrogen functional groups attached to an aromatic ring is 1. The molecular formula is C12H10BrClN2O. The van der Waals surface area contributed by atoms with E-state index in [1.807, 2.05) is 0 Å². The molecule has 0 saturated heterocycles. The van der Waals surface area contributed by atoms with Crippen LogP contribution in [0.5, 0.6) is 0 Å². The van der Waals surface area contributed by atoms with Gasteiger partial charge in [-0.25, -0.2) is 0 Å². The summed E-state index contributed by atoms with van der Waals surface area (Å²) >= 11 is 3.31. The molecule has 0 spiro atoms. The summed E-state index contributed by atoms with van der Waals surface area (Å²) in [5, 5.41) is 0. The average Bonchev–Trinajstić information content (AvgIpc) is 2.32. The number of carbonyl (C=O) groups excluding carboxylic acids is 1. The largest absolute Gasteiger partial charge is 0.398 e. The maximum atomic E-state index is 12.1. The molecule has 0 fully saturated rings. The second-order valence-electron chi connectivity index (χ2n) is 3.28. The third-order valence-electron chi connectivity index (χ3n) is 2.16. The molecule has 0 aliphatic carbocycles. The lowest BCUT2D eigenvalue weighted by Gasteiger charge is -2.04. The molecule has 0 aliphatic heterocycles. The van der Waals surface area contributed by atoms with Crippen molar-refractivity contribution in [1.82, 2.24) is 4.98 Å². The Morgan fingerprint density at radius 3 is 2.65 bits per heavy atom. The molecule has 1 aromatic carbocycles. The number of carbonyl (C=O) groups is 1. The number of hydrogen-bond donors (Lipinski definition) is 1. The summed E-state index contributed by atoms with van der Waals surface area (Å²) < 4.78 is 0.820. The number of nitrogens with zero attached hydrogens (tertiary/aromatic N) is 1. The minimum absolute atomic E-state index is 0. The maximum Gasteiger partial charge on any atom is 0.213 e. The highest BCUT2D eigenvalue weighted by Crippen LogP contribution is 2.20. The first-order valence-corrected chi connectivity index (χ1v) is 5.48. The highest BCUT2D eigenvalue weighted by molar-refractivity contribution is 9.10. The topological polar surface area (TPSA) is 56.0 Å². The SMILES string of the molecule is Cl.Nc1ccc(Br)cc1C(=O)c1ccccn1. The van der Waals surface area contributed by atoms with Crippen molar-refractivity contribution in [3.63, 3.8) is 0 Å². The van der Waals surface area contributed by atoms with E-state index in [4.69, 9.17) is 5.73 Å². The highest BCUT2D eigenvalue weighted by atomic mass is 79.9. The fraction of sp³-hybridized carbons (Fsp3) is 0.